The molecule has 0 saturated carbocycles. The Balaban J connectivity index is 2.55. The van der Waals surface area contributed by atoms with Crippen LogP contribution in [0.5, 0.6) is 17.2 Å². The number of methoxy groups -OCH3 is 3. The zero-order chi connectivity index (χ0) is 15.7. The van der Waals surface area contributed by atoms with Crippen LogP contribution >= 0.6 is 0 Å². The molecule has 0 bridgehead atoms. The van der Waals surface area contributed by atoms with Gasteiger partial charge in [0.05, 0.1) is 21.3 Å². The minimum Gasteiger partial charge on any atom is -0.493 e. The third kappa shape index (κ3) is 5.46. The molecular weight excluding hydrogens is 266 g/mol. The van der Waals surface area contributed by atoms with Gasteiger partial charge in [-0.15, -0.1) is 0 Å². The second kappa shape index (κ2) is 9.50. The number of hydrogen-bond donors (Lipinski definition) is 1. The molecule has 1 aromatic rings. The van der Waals surface area contributed by atoms with E-state index in [-0.39, 0.29) is 0 Å². The maximum atomic E-state index is 5.50. The molecule has 1 rings (SSSR count). The Morgan fingerprint density at radius 2 is 1.62 bits per heavy atom. The van der Waals surface area contributed by atoms with E-state index in [0.29, 0.717) is 17.5 Å². The van der Waals surface area contributed by atoms with Gasteiger partial charge in [0, 0.05) is 6.04 Å². The summed E-state index contributed by atoms with van der Waals surface area (Å²) >= 11 is 0. The molecule has 0 aliphatic heterocycles. The number of hydrogen-bond acceptors (Lipinski definition) is 4. The van der Waals surface area contributed by atoms with Crippen LogP contribution in [0.2, 0.25) is 0 Å². The molecule has 0 aromatic heterocycles. The van der Waals surface area contributed by atoms with Crippen molar-refractivity contribution in [2.45, 2.75) is 45.6 Å². The van der Waals surface area contributed by atoms with Crippen LogP contribution < -0.4 is 19.5 Å². The lowest BCUT2D eigenvalue weighted by Crippen LogP contribution is -2.23. The molecular formula is C17H29NO3. The summed E-state index contributed by atoms with van der Waals surface area (Å²) in [5.41, 5.74) is 1.17. The first-order valence-electron chi connectivity index (χ1n) is 7.65. The van der Waals surface area contributed by atoms with E-state index in [0.717, 1.165) is 25.1 Å². The van der Waals surface area contributed by atoms with E-state index in [1.165, 1.54) is 18.4 Å². The average Bonchev–Trinajstić information content (AvgIpc) is 2.49. The van der Waals surface area contributed by atoms with E-state index < -0.39 is 0 Å². The topological polar surface area (TPSA) is 39.7 Å². The van der Waals surface area contributed by atoms with Gasteiger partial charge >= 0.3 is 0 Å². The van der Waals surface area contributed by atoms with Crippen LogP contribution in [0.15, 0.2) is 12.1 Å². The highest BCUT2D eigenvalue weighted by atomic mass is 16.5. The van der Waals surface area contributed by atoms with Crippen molar-refractivity contribution in [1.29, 1.82) is 0 Å². The van der Waals surface area contributed by atoms with Crippen molar-refractivity contribution in [3.63, 3.8) is 0 Å². The fraction of sp³-hybridized carbons (Fsp3) is 0.647. The van der Waals surface area contributed by atoms with Gasteiger partial charge in [-0.1, -0.05) is 26.3 Å². The zero-order valence-electron chi connectivity index (χ0n) is 14.0. The number of benzene rings is 1. The second-order valence-corrected chi connectivity index (χ2v) is 5.41. The van der Waals surface area contributed by atoms with Crippen molar-refractivity contribution in [1.82, 2.24) is 5.32 Å². The Morgan fingerprint density at radius 3 is 2.19 bits per heavy atom. The minimum absolute atomic E-state index is 0.566. The number of ether oxygens (including phenoxy) is 3. The molecule has 0 atom stereocenters. The summed E-state index contributed by atoms with van der Waals surface area (Å²) in [6.07, 6.45) is 4.54. The standard InChI is InChI=1S/C17H29NO3/c1-13(2)18-12-8-6-7-9-14-10-11-15(19-3)17(21-5)16(14)20-4/h10-11,13,18H,6-9,12H2,1-5H3. The highest BCUT2D eigenvalue weighted by Gasteiger charge is 2.15. The fourth-order valence-electron chi connectivity index (χ4n) is 2.37. The smallest absolute Gasteiger partial charge is 0.203 e. The summed E-state index contributed by atoms with van der Waals surface area (Å²) in [6.45, 7) is 5.43. The molecule has 0 fully saturated rings. The summed E-state index contributed by atoms with van der Waals surface area (Å²) in [4.78, 5) is 0. The Bertz CT molecular complexity index is 419. The fourth-order valence-corrected chi connectivity index (χ4v) is 2.37. The maximum Gasteiger partial charge on any atom is 0.203 e. The lowest BCUT2D eigenvalue weighted by molar-refractivity contribution is 0.322. The third-order valence-electron chi connectivity index (χ3n) is 3.46. The van der Waals surface area contributed by atoms with E-state index in [4.69, 9.17) is 14.2 Å². The van der Waals surface area contributed by atoms with Gasteiger partial charge in [-0.3, -0.25) is 0 Å². The van der Waals surface area contributed by atoms with Gasteiger partial charge in [-0.2, -0.15) is 0 Å². The number of aryl methyl sites for hydroxylation is 1. The Morgan fingerprint density at radius 1 is 0.905 bits per heavy atom. The van der Waals surface area contributed by atoms with Gasteiger partial charge in [-0.25, -0.2) is 0 Å². The molecule has 0 unspecified atom stereocenters. The van der Waals surface area contributed by atoms with Gasteiger partial charge in [0.1, 0.15) is 0 Å². The second-order valence-electron chi connectivity index (χ2n) is 5.41. The van der Waals surface area contributed by atoms with Crippen LogP contribution in [0.1, 0.15) is 38.7 Å². The molecule has 1 N–H and O–H groups in total. The summed E-state index contributed by atoms with van der Waals surface area (Å²) < 4.78 is 16.2. The van der Waals surface area contributed by atoms with E-state index >= 15 is 0 Å². The summed E-state index contributed by atoms with van der Waals surface area (Å²) in [7, 11) is 4.95. The van der Waals surface area contributed by atoms with Crippen molar-refractivity contribution in [3.8, 4) is 17.2 Å². The molecule has 0 aliphatic carbocycles. The van der Waals surface area contributed by atoms with Crippen molar-refractivity contribution in [2.75, 3.05) is 27.9 Å². The van der Waals surface area contributed by atoms with Gasteiger partial charge in [0.2, 0.25) is 5.75 Å². The number of unbranched alkanes of at least 4 members (excludes halogenated alkanes) is 2. The average molecular weight is 295 g/mol. The first-order valence-corrected chi connectivity index (χ1v) is 7.65. The van der Waals surface area contributed by atoms with E-state index in [1.807, 2.05) is 6.07 Å². The van der Waals surface area contributed by atoms with Crippen LogP contribution in [-0.4, -0.2) is 33.9 Å². The van der Waals surface area contributed by atoms with Gasteiger partial charge < -0.3 is 19.5 Å². The third-order valence-corrected chi connectivity index (χ3v) is 3.46. The Hall–Kier alpha value is -1.42. The van der Waals surface area contributed by atoms with Crippen LogP contribution in [-0.2, 0) is 6.42 Å². The van der Waals surface area contributed by atoms with Gasteiger partial charge in [0.15, 0.2) is 11.5 Å². The lowest BCUT2D eigenvalue weighted by atomic mass is 10.0. The predicted molar refractivity (Wildman–Crippen MR) is 86.8 cm³/mol. The first-order chi connectivity index (χ1) is 10.1. The first kappa shape index (κ1) is 17.6. The molecule has 120 valence electrons. The molecule has 21 heavy (non-hydrogen) atoms. The van der Waals surface area contributed by atoms with Crippen LogP contribution in [0.4, 0.5) is 0 Å². The quantitative estimate of drug-likeness (QED) is 0.671. The molecule has 1 aromatic carbocycles. The maximum absolute atomic E-state index is 5.50. The Labute approximate surface area is 128 Å². The molecule has 0 amide bonds. The summed E-state index contributed by atoms with van der Waals surface area (Å²) in [6, 6.07) is 4.57. The van der Waals surface area contributed by atoms with Crippen LogP contribution in [0.25, 0.3) is 0 Å². The molecule has 0 saturated heterocycles. The summed E-state index contributed by atoms with van der Waals surface area (Å²) in [5, 5.41) is 3.44. The molecule has 4 heteroatoms. The van der Waals surface area contributed by atoms with Gasteiger partial charge in [0.25, 0.3) is 0 Å². The van der Waals surface area contributed by atoms with Crippen LogP contribution in [0.3, 0.4) is 0 Å². The SMILES string of the molecule is COc1ccc(CCCCCNC(C)C)c(OC)c1OC. The van der Waals surface area contributed by atoms with Crippen molar-refractivity contribution < 1.29 is 14.2 Å². The normalized spacial score (nSPS) is 10.8. The van der Waals surface area contributed by atoms with Gasteiger partial charge in [-0.05, 0) is 37.4 Å². The van der Waals surface area contributed by atoms with E-state index in [1.54, 1.807) is 21.3 Å². The Kier molecular flexibility index (Phi) is 7.98. The van der Waals surface area contributed by atoms with Crippen molar-refractivity contribution >= 4 is 0 Å². The molecule has 4 nitrogen and oxygen atoms in total. The zero-order valence-corrected chi connectivity index (χ0v) is 14.0. The van der Waals surface area contributed by atoms with E-state index in [2.05, 4.69) is 25.2 Å². The number of rotatable bonds is 10. The van der Waals surface area contributed by atoms with Crippen molar-refractivity contribution in [3.05, 3.63) is 17.7 Å². The monoisotopic (exact) mass is 295 g/mol. The van der Waals surface area contributed by atoms with Crippen LogP contribution in [0, 0.1) is 0 Å². The highest BCUT2D eigenvalue weighted by Crippen LogP contribution is 2.40. The summed E-state index contributed by atoms with van der Waals surface area (Å²) in [5.74, 6) is 2.18. The predicted octanol–water partition coefficient (Wildman–Crippen LogP) is 3.42. The highest BCUT2D eigenvalue weighted by molar-refractivity contribution is 5.55. The molecule has 0 aliphatic rings. The number of nitrogens with one attached hydrogen (secondary N) is 1. The molecule has 0 heterocycles. The molecule has 0 radical (unpaired) electrons. The largest absolute Gasteiger partial charge is 0.493 e. The van der Waals surface area contributed by atoms with E-state index in [9.17, 15) is 0 Å². The van der Waals surface area contributed by atoms with Crippen molar-refractivity contribution in [2.24, 2.45) is 0 Å². The molecule has 0 spiro atoms. The minimum atomic E-state index is 0.566. The lowest BCUT2D eigenvalue weighted by Gasteiger charge is -2.15.